The maximum absolute atomic E-state index is 13.1. The van der Waals surface area contributed by atoms with Gasteiger partial charge >= 0.3 is 155 Å². The van der Waals surface area contributed by atoms with Crippen molar-refractivity contribution in [3.8, 4) is 0 Å². The summed E-state index contributed by atoms with van der Waals surface area (Å²) in [5.74, 6) is 0. The second-order valence-electron chi connectivity index (χ2n) is 7.76. The standard InChI is InChI=1S/C20H37O3PS/c1-6-9-16-24(5,17-10-7-2,18-11-8-3)23-25(21,22)20-14-12-19(4)13-15-20/h12-15H,6-11,16-18H2,1-5H3. The van der Waals surface area contributed by atoms with Crippen LogP contribution in [0.2, 0.25) is 0 Å². The third-order valence-corrected chi connectivity index (χ3v) is 13.3. The first-order chi connectivity index (χ1) is 11.7. The monoisotopic (exact) mass is 388 g/mol. The second kappa shape index (κ2) is 9.48. The van der Waals surface area contributed by atoms with Crippen LogP contribution in [0.1, 0.15) is 64.9 Å². The van der Waals surface area contributed by atoms with E-state index in [1.807, 2.05) is 19.1 Å². The van der Waals surface area contributed by atoms with Crippen LogP contribution in [-0.4, -0.2) is 33.6 Å². The van der Waals surface area contributed by atoms with Gasteiger partial charge in [0.1, 0.15) is 0 Å². The molecule has 1 aromatic rings. The predicted octanol–water partition coefficient (Wildman–Crippen LogP) is 6.20. The third-order valence-electron chi connectivity index (χ3n) is 5.07. The molecule has 0 N–H and O–H groups in total. The number of rotatable bonds is 12. The quantitative estimate of drug-likeness (QED) is 0.400. The third kappa shape index (κ3) is 6.66. The first-order valence-corrected chi connectivity index (χ1v) is 14.3. The Labute approximate surface area is 155 Å². The molecule has 25 heavy (non-hydrogen) atoms. The van der Waals surface area contributed by atoms with Crippen molar-refractivity contribution in [1.82, 2.24) is 0 Å². The molecule has 0 fully saturated rings. The molecular weight excluding hydrogens is 351 g/mol. The molecule has 1 rings (SSSR count). The van der Waals surface area contributed by atoms with Crippen molar-refractivity contribution in [2.24, 2.45) is 0 Å². The van der Waals surface area contributed by atoms with Gasteiger partial charge in [0.25, 0.3) is 0 Å². The van der Waals surface area contributed by atoms with E-state index in [1.165, 1.54) is 0 Å². The second-order valence-corrected chi connectivity index (χ2v) is 15.5. The average molecular weight is 389 g/mol. The summed E-state index contributed by atoms with van der Waals surface area (Å²) in [5.41, 5.74) is 1.05. The fraction of sp³-hybridized carbons (Fsp3) is 0.700. The van der Waals surface area contributed by atoms with Crippen LogP contribution in [0.5, 0.6) is 0 Å². The van der Waals surface area contributed by atoms with Crippen molar-refractivity contribution in [1.29, 1.82) is 0 Å². The summed E-state index contributed by atoms with van der Waals surface area (Å²) in [5, 5.41) is 0. The van der Waals surface area contributed by atoms with Crippen LogP contribution in [0.4, 0.5) is 0 Å². The summed E-state index contributed by atoms with van der Waals surface area (Å²) in [4.78, 5) is 0.290. The van der Waals surface area contributed by atoms with Gasteiger partial charge in [0.2, 0.25) is 0 Å². The van der Waals surface area contributed by atoms with Gasteiger partial charge in [-0.05, 0) is 0 Å². The van der Waals surface area contributed by atoms with Gasteiger partial charge in [0, 0.05) is 0 Å². The summed E-state index contributed by atoms with van der Waals surface area (Å²) >= 11 is 0. The van der Waals surface area contributed by atoms with Crippen molar-refractivity contribution in [2.75, 3.05) is 25.2 Å². The van der Waals surface area contributed by atoms with E-state index in [4.69, 9.17) is 3.97 Å². The van der Waals surface area contributed by atoms with Crippen LogP contribution >= 0.6 is 6.83 Å². The number of hydrogen-bond donors (Lipinski definition) is 0. The van der Waals surface area contributed by atoms with Gasteiger partial charge in [0.15, 0.2) is 0 Å². The van der Waals surface area contributed by atoms with Crippen LogP contribution < -0.4 is 0 Å². The Bertz CT molecular complexity index is 598. The van der Waals surface area contributed by atoms with Crippen LogP contribution in [0.15, 0.2) is 29.2 Å². The zero-order chi connectivity index (χ0) is 19.0. The van der Waals surface area contributed by atoms with Gasteiger partial charge in [-0.25, -0.2) is 0 Å². The molecule has 0 aliphatic heterocycles. The van der Waals surface area contributed by atoms with Crippen LogP contribution in [0.3, 0.4) is 0 Å². The molecule has 0 radical (unpaired) electrons. The Kier molecular flexibility index (Phi) is 8.57. The zero-order valence-electron chi connectivity index (χ0n) is 16.8. The van der Waals surface area contributed by atoms with Crippen molar-refractivity contribution in [2.45, 2.75) is 71.1 Å². The van der Waals surface area contributed by atoms with Gasteiger partial charge < -0.3 is 0 Å². The first kappa shape index (κ1) is 22.6. The average Bonchev–Trinajstić information content (AvgIpc) is 2.57. The van der Waals surface area contributed by atoms with E-state index in [9.17, 15) is 8.42 Å². The molecule has 5 heteroatoms. The number of unbranched alkanes of at least 4 members (excludes halogenated alkanes) is 3. The number of benzene rings is 1. The first-order valence-electron chi connectivity index (χ1n) is 9.73. The van der Waals surface area contributed by atoms with E-state index in [2.05, 4.69) is 27.4 Å². The number of aryl methyl sites for hydroxylation is 1. The van der Waals surface area contributed by atoms with Crippen molar-refractivity contribution in [3.63, 3.8) is 0 Å². The van der Waals surface area contributed by atoms with Crippen molar-refractivity contribution >= 4 is 16.9 Å². The predicted molar refractivity (Wildman–Crippen MR) is 112 cm³/mol. The molecule has 0 aliphatic carbocycles. The minimum absolute atomic E-state index is 0.290. The summed E-state index contributed by atoms with van der Waals surface area (Å²) in [6, 6.07) is 7.02. The van der Waals surface area contributed by atoms with Gasteiger partial charge in [0.05, 0.1) is 0 Å². The minimum atomic E-state index is -3.73. The molecule has 1 aromatic carbocycles. The van der Waals surface area contributed by atoms with Gasteiger partial charge in [-0.2, -0.15) is 0 Å². The molecule has 0 atom stereocenters. The van der Waals surface area contributed by atoms with Gasteiger partial charge in [-0.3, -0.25) is 0 Å². The van der Waals surface area contributed by atoms with E-state index in [0.29, 0.717) is 4.90 Å². The molecule has 0 spiro atoms. The molecule has 0 aliphatic rings. The van der Waals surface area contributed by atoms with Crippen LogP contribution in [0.25, 0.3) is 0 Å². The Morgan fingerprint density at radius 3 is 1.60 bits per heavy atom. The SMILES string of the molecule is CCCCP(C)(CCCC)(CCCC)OS(=O)(=O)c1ccc(C)cc1. The molecule has 0 heterocycles. The number of hydrogen-bond acceptors (Lipinski definition) is 3. The maximum atomic E-state index is 13.1. The van der Waals surface area contributed by atoms with E-state index in [1.54, 1.807) is 12.1 Å². The van der Waals surface area contributed by atoms with Crippen LogP contribution in [-0.2, 0) is 14.1 Å². The molecule has 3 nitrogen and oxygen atoms in total. The molecule has 0 saturated carbocycles. The molecule has 0 bridgehead atoms. The van der Waals surface area contributed by atoms with Gasteiger partial charge in [-0.15, -0.1) is 0 Å². The van der Waals surface area contributed by atoms with E-state index in [0.717, 1.165) is 62.6 Å². The molecule has 0 unspecified atom stereocenters. The van der Waals surface area contributed by atoms with Gasteiger partial charge in [-0.1, -0.05) is 0 Å². The summed E-state index contributed by atoms with van der Waals surface area (Å²) in [7, 11) is -3.73. The summed E-state index contributed by atoms with van der Waals surface area (Å²) in [6.45, 7) is 7.85. The van der Waals surface area contributed by atoms with Crippen molar-refractivity contribution < 1.29 is 12.4 Å². The Hall–Kier alpha value is -0.440. The molecule has 0 aromatic heterocycles. The molecule has 0 amide bonds. The van der Waals surface area contributed by atoms with E-state index in [-0.39, 0.29) is 0 Å². The Morgan fingerprint density at radius 2 is 1.24 bits per heavy atom. The Balaban J connectivity index is 3.25. The fourth-order valence-corrected chi connectivity index (χ4v) is 11.8. The molecule has 146 valence electrons. The summed E-state index contributed by atoms with van der Waals surface area (Å²) in [6.07, 6.45) is 9.03. The van der Waals surface area contributed by atoms with E-state index < -0.39 is 16.9 Å². The molecular formula is C20H37O3PS. The Morgan fingerprint density at radius 1 is 0.840 bits per heavy atom. The normalized spacial score (nSPS) is 14.2. The zero-order valence-corrected chi connectivity index (χ0v) is 18.5. The summed E-state index contributed by atoms with van der Waals surface area (Å²) < 4.78 is 32.4. The topological polar surface area (TPSA) is 43.4 Å². The molecule has 0 saturated heterocycles. The fourth-order valence-electron chi connectivity index (χ4n) is 3.31. The van der Waals surface area contributed by atoms with Crippen LogP contribution in [0, 0.1) is 6.92 Å². The van der Waals surface area contributed by atoms with E-state index >= 15 is 0 Å². The van der Waals surface area contributed by atoms with Crippen molar-refractivity contribution in [3.05, 3.63) is 29.8 Å².